The van der Waals surface area contributed by atoms with Gasteiger partial charge in [-0.2, -0.15) is 5.10 Å². The number of anilines is 1. The van der Waals surface area contributed by atoms with E-state index in [1.54, 1.807) is 46.1 Å². The molecule has 0 radical (unpaired) electrons. The number of likely N-dealkylation sites (N-methyl/N-ethyl adjacent to an activating group) is 1. The summed E-state index contributed by atoms with van der Waals surface area (Å²) < 4.78 is 7.70. The number of ether oxygens (including phenoxy) is 1. The number of aryl methyl sites for hydroxylation is 1. The first-order chi connectivity index (χ1) is 15.8. The predicted octanol–water partition coefficient (Wildman–Crippen LogP) is 1.39. The van der Waals surface area contributed by atoms with Crippen LogP contribution in [0.15, 0.2) is 41.7 Å². The van der Waals surface area contributed by atoms with Crippen molar-refractivity contribution < 1.29 is 19.4 Å². The van der Waals surface area contributed by atoms with Crippen molar-refractivity contribution in [3.8, 4) is 11.5 Å². The Labute approximate surface area is 190 Å². The quantitative estimate of drug-likeness (QED) is 0.397. The molecule has 172 valence electrons. The normalized spacial score (nSPS) is 18.2. The number of β-amino-alcohol motifs (C(OH)–C–C–N with tert-alkyl or cyclic N) is 1. The monoisotopic (exact) mass is 450 g/mol. The number of aliphatic hydroxyl groups is 1. The van der Waals surface area contributed by atoms with Crippen LogP contribution in [0.4, 0.5) is 5.69 Å². The maximum absolute atomic E-state index is 13.0. The highest BCUT2D eigenvalue weighted by Gasteiger charge is 2.38. The number of nitrogens with zero attached hydrogens (tertiary/aromatic N) is 4. The van der Waals surface area contributed by atoms with E-state index in [9.17, 15) is 14.7 Å². The minimum atomic E-state index is -0.501. The molecule has 2 aromatic heterocycles. The maximum atomic E-state index is 13.0. The lowest BCUT2D eigenvalue weighted by atomic mass is 9.99. The Morgan fingerprint density at radius 2 is 2.06 bits per heavy atom. The summed E-state index contributed by atoms with van der Waals surface area (Å²) in [7, 11) is 3.05. The Hall–Kier alpha value is -3.92. The number of amides is 2. The fraction of sp³-hybridized carbons (Fsp3) is 0.304. The van der Waals surface area contributed by atoms with E-state index < -0.39 is 6.10 Å². The van der Waals surface area contributed by atoms with Gasteiger partial charge in [0.2, 0.25) is 0 Å². The van der Waals surface area contributed by atoms with Gasteiger partial charge in [0, 0.05) is 50.2 Å². The molecule has 3 aromatic rings. The second-order valence-corrected chi connectivity index (χ2v) is 7.92. The van der Waals surface area contributed by atoms with Crippen LogP contribution in [0.3, 0.4) is 0 Å². The van der Waals surface area contributed by atoms with Crippen molar-refractivity contribution in [2.24, 2.45) is 4.99 Å². The van der Waals surface area contributed by atoms with Crippen molar-refractivity contribution in [3.05, 3.63) is 53.3 Å². The molecule has 33 heavy (non-hydrogen) atoms. The second-order valence-electron chi connectivity index (χ2n) is 7.92. The zero-order valence-corrected chi connectivity index (χ0v) is 18.9. The molecule has 10 heteroatoms. The fourth-order valence-electron chi connectivity index (χ4n) is 3.94. The summed E-state index contributed by atoms with van der Waals surface area (Å²) in [6.07, 6.45) is 2.75. The summed E-state index contributed by atoms with van der Waals surface area (Å²) in [6.45, 7) is 3.97. The minimum Gasteiger partial charge on any atom is -0.455 e. The van der Waals surface area contributed by atoms with E-state index in [-0.39, 0.29) is 23.6 Å². The van der Waals surface area contributed by atoms with Gasteiger partial charge in [-0.15, -0.1) is 0 Å². The third-order valence-corrected chi connectivity index (χ3v) is 5.99. The van der Waals surface area contributed by atoms with Crippen LogP contribution in [-0.4, -0.2) is 69.9 Å². The molecule has 2 atom stereocenters. The lowest BCUT2D eigenvalue weighted by Gasteiger charge is -2.43. The second kappa shape index (κ2) is 8.55. The number of nitrogens with one attached hydrogen (secondary N) is 1. The molecule has 0 bridgehead atoms. The molecule has 1 aliphatic heterocycles. The molecule has 1 saturated heterocycles. The number of carbonyl (C=O) groups excluding carboxylic acids is 2. The van der Waals surface area contributed by atoms with Gasteiger partial charge in [0.25, 0.3) is 11.8 Å². The van der Waals surface area contributed by atoms with Crippen molar-refractivity contribution >= 4 is 28.7 Å². The molecule has 1 aliphatic rings. The van der Waals surface area contributed by atoms with Crippen molar-refractivity contribution in [1.82, 2.24) is 19.8 Å². The molecule has 3 heterocycles. The van der Waals surface area contributed by atoms with Crippen LogP contribution in [0, 0.1) is 6.92 Å². The number of benzene rings is 1. The van der Waals surface area contributed by atoms with Gasteiger partial charge in [0.05, 0.1) is 23.9 Å². The molecular formula is C23H26N6O4. The van der Waals surface area contributed by atoms with Crippen molar-refractivity contribution in [3.63, 3.8) is 0 Å². The molecule has 0 saturated carbocycles. The van der Waals surface area contributed by atoms with E-state index in [1.165, 1.54) is 14.1 Å². The molecule has 4 rings (SSSR count). The summed E-state index contributed by atoms with van der Waals surface area (Å²) in [4.78, 5) is 30.7. The van der Waals surface area contributed by atoms with Crippen LogP contribution in [0.5, 0.6) is 11.5 Å². The molecule has 2 amide bonds. The van der Waals surface area contributed by atoms with Crippen LogP contribution in [0.2, 0.25) is 0 Å². The van der Waals surface area contributed by atoms with Gasteiger partial charge in [0.1, 0.15) is 17.0 Å². The number of aliphatic imine (C=N–C) groups is 1. The zero-order valence-electron chi connectivity index (χ0n) is 18.9. The Kier molecular flexibility index (Phi) is 5.77. The van der Waals surface area contributed by atoms with E-state index in [1.807, 2.05) is 13.8 Å². The van der Waals surface area contributed by atoms with Gasteiger partial charge >= 0.3 is 0 Å². The lowest BCUT2D eigenvalue weighted by molar-refractivity contribution is -0.114. The van der Waals surface area contributed by atoms with Crippen molar-refractivity contribution in [1.29, 1.82) is 0 Å². The van der Waals surface area contributed by atoms with Gasteiger partial charge in [-0.3, -0.25) is 14.6 Å². The number of nitrogen functional groups attached to an aromatic ring is 1. The molecule has 4 N–H and O–H groups in total. The summed E-state index contributed by atoms with van der Waals surface area (Å²) in [6, 6.07) is 6.48. The number of rotatable bonds is 5. The first kappa shape index (κ1) is 22.3. The topological polar surface area (TPSA) is 135 Å². The number of carbonyl (C=O) groups is 2. The highest BCUT2D eigenvalue weighted by Crippen LogP contribution is 2.33. The summed E-state index contributed by atoms with van der Waals surface area (Å²) in [5.41, 5.74) is 9.13. The molecule has 0 spiro atoms. The molecule has 1 fully saturated rings. The van der Waals surface area contributed by atoms with Gasteiger partial charge in [-0.05, 0) is 31.5 Å². The minimum absolute atomic E-state index is 0.157. The highest BCUT2D eigenvalue weighted by atomic mass is 16.5. The smallest absolute Gasteiger partial charge is 0.269 e. The predicted molar refractivity (Wildman–Crippen MR) is 124 cm³/mol. The first-order valence-electron chi connectivity index (χ1n) is 10.5. The number of nitrogens with two attached hydrogens (primary N) is 1. The maximum Gasteiger partial charge on any atom is 0.269 e. The van der Waals surface area contributed by atoms with Crippen LogP contribution in [0.25, 0.3) is 5.52 Å². The third-order valence-electron chi connectivity index (χ3n) is 5.99. The largest absolute Gasteiger partial charge is 0.455 e. The number of aromatic nitrogens is 2. The average Bonchev–Trinajstić information content (AvgIpc) is 3.15. The molecule has 10 nitrogen and oxygen atoms in total. The van der Waals surface area contributed by atoms with Gasteiger partial charge < -0.3 is 25.8 Å². The first-order valence-corrected chi connectivity index (χ1v) is 10.5. The van der Waals surface area contributed by atoms with Crippen LogP contribution in [0.1, 0.15) is 28.4 Å². The molecular weight excluding hydrogens is 424 g/mol. The Morgan fingerprint density at radius 3 is 2.67 bits per heavy atom. The Balaban J connectivity index is 1.66. The Morgan fingerprint density at radius 1 is 1.30 bits per heavy atom. The summed E-state index contributed by atoms with van der Waals surface area (Å²) in [5, 5.41) is 16.6. The van der Waals surface area contributed by atoms with Crippen LogP contribution in [-0.2, 0) is 4.79 Å². The van der Waals surface area contributed by atoms with E-state index in [4.69, 9.17) is 10.5 Å². The molecule has 2 unspecified atom stereocenters. The van der Waals surface area contributed by atoms with E-state index in [0.29, 0.717) is 40.4 Å². The van der Waals surface area contributed by atoms with E-state index in [0.717, 1.165) is 5.56 Å². The van der Waals surface area contributed by atoms with Crippen LogP contribution < -0.4 is 15.8 Å². The third kappa shape index (κ3) is 3.78. The van der Waals surface area contributed by atoms with Gasteiger partial charge in [0.15, 0.2) is 5.75 Å². The van der Waals surface area contributed by atoms with Crippen molar-refractivity contribution in [2.45, 2.75) is 26.0 Å². The number of hydrogen-bond acceptors (Lipinski definition) is 7. The highest BCUT2D eigenvalue weighted by molar-refractivity contribution is 6.46. The molecule has 1 aromatic carbocycles. The number of fused-ring (bicyclic) bond motifs is 1. The van der Waals surface area contributed by atoms with Gasteiger partial charge in [-0.25, -0.2) is 4.52 Å². The zero-order chi connectivity index (χ0) is 23.9. The summed E-state index contributed by atoms with van der Waals surface area (Å²) in [5.74, 6) is 0.473. The number of hydrogen-bond donors (Lipinski definition) is 3. The molecule has 0 aliphatic carbocycles. The van der Waals surface area contributed by atoms with E-state index >= 15 is 0 Å². The lowest BCUT2D eigenvalue weighted by Crippen LogP contribution is -2.60. The van der Waals surface area contributed by atoms with Crippen molar-refractivity contribution in [2.75, 3.05) is 26.4 Å². The fourth-order valence-corrected chi connectivity index (χ4v) is 3.94. The van der Waals surface area contributed by atoms with Gasteiger partial charge in [-0.1, -0.05) is 0 Å². The SMILES string of the molecule is CN=C(C(=O)NC)c1ccc(Oc2ccnn3cc(C(=O)N4CC(O)C4C)c(C)c23)cc1N. The number of likely N-dealkylation sites (tertiary alicyclic amines) is 1. The standard InChI is InChI=1S/C23H26N6O4/c1-12-16(23(32)28-11-18(30)13(28)2)10-29-21(12)19(7-8-27-29)33-14-5-6-15(17(24)9-14)20(25-3)22(31)26-4/h5-10,13,18,30H,11,24H2,1-4H3,(H,26,31). The number of aliphatic hydroxyl groups excluding tert-OH is 1. The summed E-state index contributed by atoms with van der Waals surface area (Å²) >= 11 is 0. The van der Waals surface area contributed by atoms with E-state index in [2.05, 4.69) is 15.4 Å². The Bertz CT molecular complexity index is 1280. The average molecular weight is 450 g/mol. The van der Waals surface area contributed by atoms with Crippen LogP contribution >= 0.6 is 0 Å².